The molecule has 1 saturated heterocycles. The average Bonchev–Trinajstić information content (AvgIpc) is 3.42. The minimum atomic E-state index is 0.358. The number of aryl methyl sites for hydroxylation is 1. The van der Waals surface area contributed by atoms with Crippen molar-refractivity contribution in [1.29, 1.82) is 0 Å². The lowest BCUT2D eigenvalue weighted by Crippen LogP contribution is -2.40. The summed E-state index contributed by atoms with van der Waals surface area (Å²) in [6.07, 6.45) is 6.01. The van der Waals surface area contributed by atoms with Gasteiger partial charge in [-0.3, -0.25) is 4.90 Å². The summed E-state index contributed by atoms with van der Waals surface area (Å²) in [6.45, 7) is 18.8. The van der Waals surface area contributed by atoms with E-state index < -0.39 is 0 Å². The number of hydrogen-bond donors (Lipinski definition) is 1. The number of hydrogen-bond acceptors (Lipinski definition) is 3. The molecule has 1 unspecified atom stereocenters. The molecule has 6 nitrogen and oxygen atoms in total. The number of fused-ring (bicyclic) bond motifs is 2. The van der Waals surface area contributed by atoms with Crippen molar-refractivity contribution < 1.29 is 0 Å². The molecule has 0 bridgehead atoms. The van der Waals surface area contributed by atoms with Crippen LogP contribution >= 0.6 is 0 Å². The first kappa shape index (κ1) is 21.7. The van der Waals surface area contributed by atoms with Gasteiger partial charge in [0.2, 0.25) is 6.54 Å². The number of likely N-dealkylation sites (tertiary alicyclic amines) is 1. The molecule has 170 valence electrons. The molecule has 1 N–H and O–H groups in total. The number of nitrogens with one attached hydrogen (secondary N) is 1. The quantitative estimate of drug-likeness (QED) is 0.399. The Morgan fingerprint density at radius 3 is 2.70 bits per heavy atom. The summed E-state index contributed by atoms with van der Waals surface area (Å²) < 4.78 is 1.85. The Kier molecular flexibility index (Phi) is 5.67. The summed E-state index contributed by atoms with van der Waals surface area (Å²) in [5.74, 6) is 0.976. The molecular weight excluding hydrogens is 408 g/mol. The fraction of sp³-hybridized carbons (Fsp3) is 0.444. The van der Waals surface area contributed by atoms with Gasteiger partial charge in [0.15, 0.2) is 5.65 Å². The summed E-state index contributed by atoms with van der Waals surface area (Å²) >= 11 is 0. The monoisotopic (exact) mass is 440 g/mol. The summed E-state index contributed by atoms with van der Waals surface area (Å²) in [6, 6.07) is 9.46. The zero-order valence-corrected chi connectivity index (χ0v) is 20.0. The van der Waals surface area contributed by atoms with E-state index in [1.807, 2.05) is 4.52 Å². The normalized spacial score (nSPS) is 16.6. The molecular formula is C27H32N6. The Bertz CT molecular complexity index is 1330. The predicted molar refractivity (Wildman–Crippen MR) is 134 cm³/mol. The lowest BCUT2D eigenvalue weighted by molar-refractivity contribution is 0.170. The third-order valence-corrected chi connectivity index (χ3v) is 7.31. The highest BCUT2D eigenvalue weighted by molar-refractivity contribution is 5.92. The highest BCUT2D eigenvalue weighted by Gasteiger charge is 2.26. The molecule has 1 aliphatic rings. The first-order chi connectivity index (χ1) is 16.0. The van der Waals surface area contributed by atoms with Gasteiger partial charge in [0.1, 0.15) is 6.33 Å². The molecule has 33 heavy (non-hydrogen) atoms. The van der Waals surface area contributed by atoms with Crippen LogP contribution in [0.25, 0.3) is 32.7 Å². The van der Waals surface area contributed by atoms with Crippen LogP contribution in [0.3, 0.4) is 0 Å². The number of rotatable bonds is 5. The number of aromatic nitrogens is 4. The number of aromatic amines is 1. The van der Waals surface area contributed by atoms with E-state index in [0.29, 0.717) is 24.4 Å². The summed E-state index contributed by atoms with van der Waals surface area (Å²) in [5.41, 5.74) is 8.45. The number of pyridine rings is 1. The first-order valence-corrected chi connectivity index (χ1v) is 12.0. The van der Waals surface area contributed by atoms with Crippen LogP contribution in [0.15, 0.2) is 36.8 Å². The van der Waals surface area contributed by atoms with Gasteiger partial charge in [-0.25, -0.2) is 16.1 Å². The Morgan fingerprint density at radius 2 is 1.97 bits per heavy atom. The van der Waals surface area contributed by atoms with Crippen LogP contribution in [0, 0.1) is 13.5 Å². The molecule has 4 aromatic rings. The summed E-state index contributed by atoms with van der Waals surface area (Å²) in [4.78, 5) is 14.1. The molecule has 3 aromatic heterocycles. The van der Waals surface area contributed by atoms with E-state index in [1.165, 1.54) is 38.9 Å². The van der Waals surface area contributed by atoms with Gasteiger partial charge in [-0.2, -0.15) is 5.10 Å². The smallest absolute Gasteiger partial charge is 0.229 e. The van der Waals surface area contributed by atoms with Gasteiger partial charge >= 0.3 is 0 Å². The van der Waals surface area contributed by atoms with Crippen LogP contribution in [0.4, 0.5) is 0 Å². The van der Waals surface area contributed by atoms with E-state index in [9.17, 15) is 0 Å². The third-order valence-electron chi connectivity index (χ3n) is 7.31. The highest BCUT2D eigenvalue weighted by atomic mass is 15.3. The lowest BCUT2D eigenvalue weighted by atomic mass is 9.87. The fourth-order valence-corrected chi connectivity index (χ4v) is 5.44. The molecule has 4 heterocycles. The van der Waals surface area contributed by atoms with Gasteiger partial charge in [0.05, 0.1) is 11.7 Å². The standard InChI is InChI=1S/C27H32N6/c1-17(2)26-22-13-21(20-8-10-32(11-9-20)19(4)14-28-5)6-7-24(22)31-27(26)23-15-33-25(12-18(23)3)29-16-30-33/h6-7,12-13,15-17,19-20,31H,8-11,14H2,1-4H3. The highest BCUT2D eigenvalue weighted by Crippen LogP contribution is 2.39. The maximum atomic E-state index is 7.15. The Labute approximate surface area is 195 Å². The van der Waals surface area contributed by atoms with Gasteiger partial charge in [0.25, 0.3) is 0 Å². The number of benzene rings is 1. The van der Waals surface area contributed by atoms with Gasteiger partial charge in [-0.05, 0) is 86.5 Å². The van der Waals surface area contributed by atoms with Crippen molar-refractivity contribution in [2.45, 2.75) is 58.4 Å². The van der Waals surface area contributed by atoms with Crippen molar-refractivity contribution in [3.8, 4) is 11.3 Å². The maximum Gasteiger partial charge on any atom is 0.229 e. The topological polar surface area (TPSA) is 53.6 Å². The van der Waals surface area contributed by atoms with Crippen LogP contribution in [0.1, 0.15) is 62.1 Å². The van der Waals surface area contributed by atoms with Crippen LogP contribution in [-0.2, 0) is 0 Å². The molecule has 1 aliphatic heterocycles. The first-order valence-electron chi connectivity index (χ1n) is 12.0. The molecule has 0 spiro atoms. The predicted octanol–water partition coefficient (Wildman–Crippen LogP) is 5.80. The molecule has 6 heteroatoms. The Morgan fingerprint density at radius 1 is 1.18 bits per heavy atom. The van der Waals surface area contributed by atoms with Crippen molar-refractivity contribution in [2.75, 3.05) is 19.6 Å². The van der Waals surface area contributed by atoms with Crippen molar-refractivity contribution in [3.63, 3.8) is 0 Å². The molecule has 1 atom stereocenters. The van der Waals surface area contributed by atoms with E-state index in [0.717, 1.165) is 31.6 Å². The van der Waals surface area contributed by atoms with Gasteiger partial charge in [0, 0.05) is 22.7 Å². The zero-order valence-electron chi connectivity index (χ0n) is 20.0. The van der Waals surface area contributed by atoms with Gasteiger partial charge < -0.3 is 9.83 Å². The Balaban J connectivity index is 1.51. The van der Waals surface area contributed by atoms with Gasteiger partial charge in [-0.1, -0.05) is 19.9 Å². The van der Waals surface area contributed by atoms with Crippen LogP contribution in [0.2, 0.25) is 0 Å². The van der Waals surface area contributed by atoms with E-state index in [4.69, 9.17) is 6.57 Å². The SMILES string of the molecule is [C-]#[N+]CC(C)N1CCC(c2ccc3[nH]c(-c4cn5ncnc5cc4C)c(C(C)C)c3c2)CC1. The number of H-pyrrole nitrogens is 1. The molecule has 1 fully saturated rings. The fourth-order valence-electron chi connectivity index (χ4n) is 5.44. The van der Waals surface area contributed by atoms with Crippen molar-refractivity contribution in [1.82, 2.24) is 24.5 Å². The number of piperidine rings is 1. The van der Waals surface area contributed by atoms with E-state index in [1.54, 1.807) is 6.33 Å². The lowest BCUT2D eigenvalue weighted by Gasteiger charge is -2.34. The van der Waals surface area contributed by atoms with Crippen LogP contribution in [-0.4, -0.2) is 50.2 Å². The second-order valence-corrected chi connectivity index (χ2v) is 9.81. The summed E-state index contributed by atoms with van der Waals surface area (Å²) in [5, 5.41) is 5.68. The largest absolute Gasteiger partial charge is 0.354 e. The molecule has 0 saturated carbocycles. The van der Waals surface area contributed by atoms with E-state index >= 15 is 0 Å². The Hall–Kier alpha value is -3.17. The molecule has 0 aliphatic carbocycles. The molecule has 0 amide bonds. The van der Waals surface area contributed by atoms with E-state index in [-0.39, 0.29) is 0 Å². The maximum absolute atomic E-state index is 7.15. The average molecular weight is 441 g/mol. The van der Waals surface area contributed by atoms with Crippen molar-refractivity contribution >= 4 is 16.6 Å². The molecule has 5 rings (SSSR count). The third kappa shape index (κ3) is 3.91. The second-order valence-electron chi connectivity index (χ2n) is 9.81. The minimum Gasteiger partial charge on any atom is -0.354 e. The summed E-state index contributed by atoms with van der Waals surface area (Å²) in [7, 11) is 0. The van der Waals surface area contributed by atoms with Crippen molar-refractivity contribution in [3.05, 3.63) is 64.9 Å². The van der Waals surface area contributed by atoms with E-state index in [2.05, 4.69) is 83.0 Å². The molecule has 1 aromatic carbocycles. The zero-order chi connectivity index (χ0) is 23.1. The molecule has 0 radical (unpaired) electrons. The van der Waals surface area contributed by atoms with Crippen LogP contribution in [0.5, 0.6) is 0 Å². The minimum absolute atomic E-state index is 0.358. The second kappa shape index (κ2) is 8.64. The van der Waals surface area contributed by atoms with Gasteiger partial charge in [-0.15, -0.1) is 0 Å². The van der Waals surface area contributed by atoms with Crippen molar-refractivity contribution in [2.24, 2.45) is 0 Å². The number of nitrogens with zero attached hydrogens (tertiary/aromatic N) is 5. The van der Waals surface area contributed by atoms with Crippen LogP contribution < -0.4 is 0 Å².